The van der Waals surface area contributed by atoms with Crippen molar-refractivity contribution in [2.45, 2.75) is 38.4 Å². The first kappa shape index (κ1) is 12.1. The van der Waals surface area contributed by atoms with Gasteiger partial charge < -0.3 is 15.3 Å². The molecule has 1 unspecified atom stereocenters. The van der Waals surface area contributed by atoms with Crippen LogP contribution in [0, 0.1) is 0 Å². The van der Waals surface area contributed by atoms with E-state index < -0.39 is 0 Å². The van der Waals surface area contributed by atoms with E-state index in [-0.39, 0.29) is 17.8 Å². The molecule has 0 radical (unpaired) electrons. The summed E-state index contributed by atoms with van der Waals surface area (Å²) in [5.74, 6) is 0. The van der Waals surface area contributed by atoms with Crippen LogP contribution in [0.4, 0.5) is 0 Å². The largest absolute Gasteiger partial charge is 0.391 e. The van der Waals surface area contributed by atoms with Crippen molar-refractivity contribution in [3.8, 4) is 0 Å². The Morgan fingerprint density at radius 1 is 1.50 bits per heavy atom. The highest BCUT2D eigenvalue weighted by Crippen LogP contribution is 2.28. The van der Waals surface area contributed by atoms with Crippen molar-refractivity contribution in [1.29, 1.82) is 0 Å². The molecule has 2 heterocycles. The van der Waals surface area contributed by atoms with Crippen LogP contribution in [0.2, 0.25) is 0 Å². The van der Waals surface area contributed by atoms with Crippen LogP contribution >= 0.6 is 12.2 Å². The minimum Gasteiger partial charge on any atom is -0.391 e. The fourth-order valence-corrected chi connectivity index (χ4v) is 3.86. The minimum absolute atomic E-state index is 0.0490. The Labute approximate surface area is 103 Å². The molecule has 5 heteroatoms. The third-order valence-corrected chi connectivity index (χ3v) is 4.21. The number of aliphatic hydroxyl groups is 1. The van der Waals surface area contributed by atoms with E-state index in [1.165, 1.54) is 4.90 Å². The highest BCUT2D eigenvalue weighted by atomic mass is 32.1. The lowest BCUT2D eigenvalue weighted by Crippen LogP contribution is -3.20. The third-order valence-electron chi connectivity index (χ3n) is 3.88. The van der Waals surface area contributed by atoms with Gasteiger partial charge in [0.15, 0.2) is 10.8 Å². The van der Waals surface area contributed by atoms with E-state index in [1.807, 2.05) is 0 Å². The number of rotatable bonds is 2. The summed E-state index contributed by atoms with van der Waals surface area (Å²) in [5.41, 5.74) is 0.0991. The Morgan fingerprint density at radius 2 is 2.19 bits per heavy atom. The van der Waals surface area contributed by atoms with Crippen LogP contribution in [0.1, 0.15) is 27.2 Å². The van der Waals surface area contributed by atoms with Gasteiger partial charge in [-0.15, -0.1) is 0 Å². The van der Waals surface area contributed by atoms with Crippen molar-refractivity contribution < 1.29 is 10.0 Å². The van der Waals surface area contributed by atoms with Crippen LogP contribution in [0.5, 0.6) is 0 Å². The summed E-state index contributed by atoms with van der Waals surface area (Å²) in [7, 11) is 0. The highest BCUT2D eigenvalue weighted by Gasteiger charge is 2.54. The topological polar surface area (TPSA) is 39.9 Å². The molecule has 0 bridgehead atoms. The summed E-state index contributed by atoms with van der Waals surface area (Å²) in [6.07, 6.45) is 1.05. The van der Waals surface area contributed by atoms with Gasteiger partial charge in [-0.2, -0.15) is 0 Å². The molecule has 0 aliphatic carbocycles. The molecule has 16 heavy (non-hydrogen) atoms. The molecule has 0 saturated carbocycles. The van der Waals surface area contributed by atoms with Gasteiger partial charge in [-0.25, -0.2) is 0 Å². The molecule has 0 aromatic heterocycles. The van der Waals surface area contributed by atoms with Crippen molar-refractivity contribution in [1.82, 2.24) is 10.2 Å². The maximum Gasteiger partial charge on any atom is 0.174 e. The number of thiocarbonyl (C=S) groups is 1. The van der Waals surface area contributed by atoms with Gasteiger partial charge in [0.1, 0.15) is 6.54 Å². The fourth-order valence-electron chi connectivity index (χ4n) is 3.29. The predicted molar refractivity (Wildman–Crippen MR) is 67.3 cm³/mol. The summed E-state index contributed by atoms with van der Waals surface area (Å²) in [6, 6.07) is 0. The first-order valence-electron chi connectivity index (χ1n) is 5.95. The zero-order chi connectivity index (χ0) is 12.0. The lowest BCUT2D eigenvalue weighted by atomic mass is 9.88. The quantitative estimate of drug-likeness (QED) is 0.542. The lowest BCUT2D eigenvalue weighted by Gasteiger charge is -2.49. The van der Waals surface area contributed by atoms with E-state index in [0.717, 1.165) is 31.2 Å². The van der Waals surface area contributed by atoms with Gasteiger partial charge in [0, 0.05) is 18.9 Å². The Morgan fingerprint density at radius 3 is 2.81 bits per heavy atom. The normalized spacial score (nSPS) is 37.1. The standard InChI is InChI=1S/C11H21N3OS/c1-10(2)8-11(3)13(6-7-15)4-5-14(11)9(16)12-10/h15H,4-8H2,1-3H3,(H,12,16)/p+1/t11-/m0/s1. The Balaban J connectivity index is 2.25. The second kappa shape index (κ2) is 3.82. The van der Waals surface area contributed by atoms with Gasteiger partial charge in [-0.3, -0.25) is 4.90 Å². The van der Waals surface area contributed by atoms with Gasteiger partial charge in [-0.1, -0.05) is 0 Å². The molecule has 2 fully saturated rings. The lowest BCUT2D eigenvalue weighted by molar-refractivity contribution is -0.945. The van der Waals surface area contributed by atoms with Crippen molar-refractivity contribution in [3.05, 3.63) is 0 Å². The molecule has 2 rings (SSSR count). The molecule has 0 spiro atoms. The second-order valence-corrected chi connectivity index (χ2v) is 6.13. The van der Waals surface area contributed by atoms with Gasteiger partial charge in [0.05, 0.1) is 19.7 Å². The average molecular weight is 244 g/mol. The van der Waals surface area contributed by atoms with E-state index in [4.69, 9.17) is 17.3 Å². The van der Waals surface area contributed by atoms with Crippen molar-refractivity contribution in [2.24, 2.45) is 0 Å². The second-order valence-electron chi connectivity index (χ2n) is 5.74. The number of hydrogen-bond donors (Lipinski definition) is 3. The maximum atomic E-state index is 9.14. The molecule has 2 aliphatic rings. The van der Waals surface area contributed by atoms with E-state index in [1.54, 1.807) is 0 Å². The van der Waals surface area contributed by atoms with Gasteiger partial charge in [0.2, 0.25) is 0 Å². The molecule has 0 aromatic carbocycles. The van der Waals surface area contributed by atoms with Crippen LogP contribution in [-0.4, -0.2) is 52.6 Å². The molecule has 2 aliphatic heterocycles. The molecular weight excluding hydrogens is 222 g/mol. The van der Waals surface area contributed by atoms with Crippen molar-refractivity contribution in [2.75, 3.05) is 26.2 Å². The van der Waals surface area contributed by atoms with Crippen LogP contribution in [0.3, 0.4) is 0 Å². The van der Waals surface area contributed by atoms with E-state index in [9.17, 15) is 0 Å². The first-order valence-corrected chi connectivity index (χ1v) is 6.36. The Bertz CT molecular complexity index is 308. The zero-order valence-electron chi connectivity index (χ0n) is 10.3. The molecular formula is C11H22N3OS+. The number of fused-ring (bicyclic) bond motifs is 1. The smallest absolute Gasteiger partial charge is 0.174 e. The van der Waals surface area contributed by atoms with E-state index in [2.05, 4.69) is 31.0 Å². The summed E-state index contributed by atoms with van der Waals surface area (Å²) in [4.78, 5) is 3.74. The highest BCUT2D eigenvalue weighted by molar-refractivity contribution is 7.80. The van der Waals surface area contributed by atoms with Crippen LogP contribution < -0.4 is 10.2 Å². The minimum atomic E-state index is 0.0490. The van der Waals surface area contributed by atoms with Gasteiger partial charge in [-0.05, 0) is 26.1 Å². The van der Waals surface area contributed by atoms with Gasteiger partial charge >= 0.3 is 0 Å². The van der Waals surface area contributed by atoms with Crippen LogP contribution in [0.15, 0.2) is 0 Å². The average Bonchev–Trinajstić information content (AvgIpc) is 2.41. The molecule has 2 saturated heterocycles. The molecule has 3 N–H and O–H groups in total. The Hall–Kier alpha value is -0.390. The fraction of sp³-hybridized carbons (Fsp3) is 0.909. The molecule has 0 aromatic rings. The van der Waals surface area contributed by atoms with Crippen molar-refractivity contribution >= 4 is 17.3 Å². The molecule has 2 atom stereocenters. The summed E-state index contributed by atoms with van der Waals surface area (Å²) in [5, 5.41) is 13.4. The number of hydrogen-bond acceptors (Lipinski definition) is 2. The van der Waals surface area contributed by atoms with Crippen molar-refractivity contribution in [3.63, 3.8) is 0 Å². The van der Waals surface area contributed by atoms with E-state index in [0.29, 0.717) is 0 Å². The van der Waals surface area contributed by atoms with Crippen LogP contribution in [-0.2, 0) is 0 Å². The molecule has 92 valence electrons. The summed E-state index contributed by atoms with van der Waals surface area (Å²) in [6.45, 7) is 9.77. The third kappa shape index (κ3) is 1.81. The molecule has 4 nitrogen and oxygen atoms in total. The number of nitrogens with one attached hydrogen (secondary N) is 2. The van der Waals surface area contributed by atoms with Crippen LogP contribution in [0.25, 0.3) is 0 Å². The number of nitrogens with zero attached hydrogens (tertiary/aromatic N) is 1. The van der Waals surface area contributed by atoms with Gasteiger partial charge in [0.25, 0.3) is 0 Å². The summed E-state index contributed by atoms with van der Waals surface area (Å²) >= 11 is 5.44. The Kier molecular flexibility index (Phi) is 2.88. The monoisotopic (exact) mass is 244 g/mol. The zero-order valence-corrected chi connectivity index (χ0v) is 11.2. The number of quaternary nitrogens is 1. The SMILES string of the molecule is CC1(C)C[C@]2(C)N(CC[NH+]2CCO)C(=S)N1. The summed E-state index contributed by atoms with van der Waals surface area (Å²) < 4.78 is 0. The molecule has 0 amide bonds. The van der Waals surface area contributed by atoms with E-state index >= 15 is 0 Å². The number of aliphatic hydroxyl groups excluding tert-OH is 1. The maximum absolute atomic E-state index is 9.14. The predicted octanol–water partition coefficient (Wildman–Crippen LogP) is -1.05. The first-order chi connectivity index (χ1) is 7.39.